The number of nitrogens with one attached hydrogen (secondary N) is 1. The molecular weight excluding hydrogens is 233 g/mol. The van der Waals surface area contributed by atoms with Crippen LogP contribution in [0.2, 0.25) is 0 Å². The average Bonchev–Trinajstić information content (AvgIpc) is 3.16. The Morgan fingerprint density at radius 2 is 2.28 bits per heavy atom. The molecular formula is C14H18FNO2. The van der Waals surface area contributed by atoms with Crippen molar-refractivity contribution >= 4 is 5.78 Å². The molecule has 3 nitrogen and oxygen atoms in total. The number of methoxy groups -OCH3 is 1. The Labute approximate surface area is 106 Å². The first-order valence-corrected chi connectivity index (χ1v) is 6.24. The Morgan fingerprint density at radius 3 is 2.94 bits per heavy atom. The molecule has 1 saturated carbocycles. The van der Waals surface area contributed by atoms with Gasteiger partial charge in [-0.25, -0.2) is 4.39 Å². The molecule has 0 bridgehead atoms. The van der Waals surface area contributed by atoms with Gasteiger partial charge in [-0.1, -0.05) is 12.1 Å². The molecule has 0 aromatic heterocycles. The average molecular weight is 251 g/mol. The summed E-state index contributed by atoms with van der Waals surface area (Å²) in [7, 11) is 1.42. The highest BCUT2D eigenvalue weighted by Crippen LogP contribution is 2.27. The number of hydrogen-bond acceptors (Lipinski definition) is 3. The van der Waals surface area contributed by atoms with Crippen LogP contribution in [0, 0.1) is 11.7 Å². The highest BCUT2D eigenvalue weighted by molar-refractivity contribution is 5.82. The predicted octanol–water partition coefficient (Wildman–Crippen LogP) is 1.95. The molecule has 1 aliphatic carbocycles. The lowest BCUT2D eigenvalue weighted by Crippen LogP contribution is -2.26. The quantitative estimate of drug-likeness (QED) is 0.805. The fourth-order valence-corrected chi connectivity index (χ4v) is 1.86. The fraction of sp³-hybridized carbons (Fsp3) is 0.500. The highest BCUT2D eigenvalue weighted by atomic mass is 19.1. The Kier molecular flexibility index (Phi) is 4.31. The molecule has 1 N–H and O–H groups in total. The molecule has 0 radical (unpaired) electrons. The molecule has 1 aromatic carbocycles. The number of benzene rings is 1. The predicted molar refractivity (Wildman–Crippen MR) is 67.3 cm³/mol. The lowest BCUT2D eigenvalue weighted by Gasteiger charge is -2.07. The maximum Gasteiger partial charge on any atom is 0.168 e. The Morgan fingerprint density at radius 1 is 1.50 bits per heavy atom. The van der Waals surface area contributed by atoms with Crippen molar-refractivity contribution in [2.24, 2.45) is 5.92 Å². The first kappa shape index (κ1) is 13.0. The Hall–Kier alpha value is -1.42. The van der Waals surface area contributed by atoms with E-state index in [1.807, 2.05) is 0 Å². The molecule has 18 heavy (non-hydrogen) atoms. The second-order valence-corrected chi connectivity index (χ2v) is 4.72. The minimum atomic E-state index is -0.435. The lowest BCUT2D eigenvalue weighted by molar-refractivity contribution is -0.117. The molecule has 0 aliphatic heterocycles. The monoisotopic (exact) mass is 251 g/mol. The molecule has 1 aliphatic rings. The molecule has 1 aromatic rings. The van der Waals surface area contributed by atoms with E-state index in [-0.39, 0.29) is 18.0 Å². The van der Waals surface area contributed by atoms with E-state index >= 15 is 0 Å². The molecule has 0 atom stereocenters. The van der Waals surface area contributed by atoms with Gasteiger partial charge in [-0.2, -0.15) is 0 Å². The number of ether oxygens (including phenoxy) is 1. The third-order valence-electron chi connectivity index (χ3n) is 3.10. The van der Waals surface area contributed by atoms with Crippen molar-refractivity contribution in [2.45, 2.75) is 19.3 Å². The van der Waals surface area contributed by atoms with Gasteiger partial charge in [-0.15, -0.1) is 0 Å². The second kappa shape index (κ2) is 5.96. The van der Waals surface area contributed by atoms with Crippen molar-refractivity contribution in [2.75, 3.05) is 20.2 Å². The molecule has 0 unspecified atom stereocenters. The minimum absolute atomic E-state index is 0.00260. The molecule has 0 amide bonds. The van der Waals surface area contributed by atoms with Crippen molar-refractivity contribution in [1.29, 1.82) is 0 Å². The molecule has 4 heteroatoms. The van der Waals surface area contributed by atoms with Gasteiger partial charge in [0.05, 0.1) is 13.7 Å². The van der Waals surface area contributed by atoms with E-state index in [1.54, 1.807) is 18.2 Å². The smallest absolute Gasteiger partial charge is 0.168 e. The van der Waals surface area contributed by atoms with E-state index in [0.29, 0.717) is 12.1 Å². The third kappa shape index (κ3) is 3.53. The maximum atomic E-state index is 13.8. The van der Waals surface area contributed by atoms with Gasteiger partial charge in [0.2, 0.25) is 0 Å². The standard InChI is InChI=1S/C14H18FNO2/c1-18-13-4-2-3-11(14(13)15)7-12(17)9-16-8-10-5-6-10/h2-4,10,16H,5-9H2,1H3. The normalized spacial score (nSPS) is 14.6. The zero-order valence-corrected chi connectivity index (χ0v) is 10.5. The molecule has 0 heterocycles. The summed E-state index contributed by atoms with van der Waals surface area (Å²) in [4.78, 5) is 11.7. The van der Waals surface area contributed by atoms with E-state index in [4.69, 9.17) is 4.74 Å². The summed E-state index contributed by atoms with van der Waals surface area (Å²) in [5.74, 6) is 0.496. The van der Waals surface area contributed by atoms with Gasteiger partial charge in [-0.3, -0.25) is 4.79 Å². The number of carbonyl (C=O) groups excluding carboxylic acids is 1. The van der Waals surface area contributed by atoms with Crippen LogP contribution in [0.5, 0.6) is 5.75 Å². The highest BCUT2D eigenvalue weighted by Gasteiger charge is 2.20. The minimum Gasteiger partial charge on any atom is -0.494 e. The van der Waals surface area contributed by atoms with E-state index in [9.17, 15) is 9.18 Å². The van der Waals surface area contributed by atoms with Crippen molar-refractivity contribution < 1.29 is 13.9 Å². The van der Waals surface area contributed by atoms with Crippen LogP contribution in [0.4, 0.5) is 4.39 Å². The van der Waals surface area contributed by atoms with Crippen LogP contribution in [0.15, 0.2) is 18.2 Å². The molecule has 0 spiro atoms. The largest absolute Gasteiger partial charge is 0.494 e. The Balaban J connectivity index is 1.85. The number of hydrogen-bond donors (Lipinski definition) is 1. The van der Waals surface area contributed by atoms with E-state index < -0.39 is 5.82 Å². The number of carbonyl (C=O) groups is 1. The van der Waals surface area contributed by atoms with Crippen molar-refractivity contribution in [3.8, 4) is 5.75 Å². The van der Waals surface area contributed by atoms with Gasteiger partial charge >= 0.3 is 0 Å². The van der Waals surface area contributed by atoms with Crippen LogP contribution in [0.3, 0.4) is 0 Å². The van der Waals surface area contributed by atoms with Crippen LogP contribution in [-0.4, -0.2) is 26.0 Å². The Bertz CT molecular complexity index is 430. The van der Waals surface area contributed by atoms with Gasteiger partial charge < -0.3 is 10.1 Å². The maximum absolute atomic E-state index is 13.8. The van der Waals surface area contributed by atoms with Crippen molar-refractivity contribution in [3.63, 3.8) is 0 Å². The number of Topliss-reactive ketones (excluding diaryl/α,β-unsaturated/α-hetero) is 1. The second-order valence-electron chi connectivity index (χ2n) is 4.72. The van der Waals surface area contributed by atoms with Crippen molar-refractivity contribution in [3.05, 3.63) is 29.6 Å². The number of rotatable bonds is 7. The summed E-state index contributed by atoms with van der Waals surface area (Å²) in [5.41, 5.74) is 0.396. The zero-order chi connectivity index (χ0) is 13.0. The molecule has 0 saturated heterocycles. The summed E-state index contributed by atoms with van der Waals surface area (Å²) < 4.78 is 18.7. The van der Waals surface area contributed by atoms with Gasteiger partial charge in [0.15, 0.2) is 17.3 Å². The van der Waals surface area contributed by atoms with Crippen LogP contribution < -0.4 is 10.1 Å². The van der Waals surface area contributed by atoms with Crippen LogP contribution >= 0.6 is 0 Å². The fourth-order valence-electron chi connectivity index (χ4n) is 1.86. The van der Waals surface area contributed by atoms with Gasteiger partial charge in [-0.05, 0) is 36.9 Å². The van der Waals surface area contributed by atoms with Crippen LogP contribution in [-0.2, 0) is 11.2 Å². The summed E-state index contributed by atoms with van der Waals surface area (Å²) in [6, 6.07) is 4.87. The van der Waals surface area contributed by atoms with E-state index in [2.05, 4.69) is 5.32 Å². The number of halogens is 1. The van der Waals surface area contributed by atoms with Gasteiger partial charge in [0, 0.05) is 6.42 Å². The lowest BCUT2D eigenvalue weighted by atomic mass is 10.1. The summed E-state index contributed by atoms with van der Waals surface area (Å²) >= 11 is 0. The third-order valence-corrected chi connectivity index (χ3v) is 3.10. The molecule has 1 fully saturated rings. The topological polar surface area (TPSA) is 38.3 Å². The SMILES string of the molecule is COc1cccc(CC(=O)CNCC2CC2)c1F. The van der Waals surface area contributed by atoms with E-state index in [0.717, 1.165) is 12.5 Å². The first-order chi connectivity index (χ1) is 8.70. The zero-order valence-electron chi connectivity index (χ0n) is 10.5. The first-order valence-electron chi connectivity index (χ1n) is 6.24. The summed E-state index contributed by atoms with van der Waals surface area (Å²) in [6.45, 7) is 1.21. The molecule has 2 rings (SSSR count). The van der Waals surface area contributed by atoms with Crippen LogP contribution in [0.1, 0.15) is 18.4 Å². The number of ketones is 1. The summed E-state index contributed by atoms with van der Waals surface area (Å²) in [6.07, 6.45) is 2.62. The van der Waals surface area contributed by atoms with Gasteiger partial charge in [0.1, 0.15) is 0 Å². The van der Waals surface area contributed by atoms with Crippen molar-refractivity contribution in [1.82, 2.24) is 5.32 Å². The van der Waals surface area contributed by atoms with E-state index in [1.165, 1.54) is 20.0 Å². The summed E-state index contributed by atoms with van der Waals surface area (Å²) in [5, 5.41) is 3.11. The van der Waals surface area contributed by atoms with Crippen LogP contribution in [0.25, 0.3) is 0 Å². The molecule has 98 valence electrons. The van der Waals surface area contributed by atoms with Gasteiger partial charge in [0.25, 0.3) is 0 Å².